The standard InChI is InChI=1S/C12H17ClFN3/c1-7-5-9(17-15)12(10(13)11(7)14)16-6-8-3-2-4-8/h5,8,16-17H,2-4,6,15H2,1H3. The maximum Gasteiger partial charge on any atom is 0.146 e. The van der Waals surface area contributed by atoms with Gasteiger partial charge < -0.3 is 10.7 Å². The summed E-state index contributed by atoms with van der Waals surface area (Å²) in [4.78, 5) is 0. The van der Waals surface area contributed by atoms with E-state index in [2.05, 4.69) is 10.7 Å². The molecule has 5 heteroatoms. The summed E-state index contributed by atoms with van der Waals surface area (Å²) in [6.45, 7) is 2.48. The van der Waals surface area contributed by atoms with E-state index < -0.39 is 0 Å². The van der Waals surface area contributed by atoms with Crippen molar-refractivity contribution in [2.45, 2.75) is 26.2 Å². The summed E-state index contributed by atoms with van der Waals surface area (Å²) in [5, 5.41) is 3.30. The van der Waals surface area contributed by atoms with E-state index in [9.17, 15) is 4.39 Å². The van der Waals surface area contributed by atoms with Crippen LogP contribution in [-0.2, 0) is 0 Å². The van der Waals surface area contributed by atoms with Crippen molar-refractivity contribution in [3.8, 4) is 0 Å². The number of nitrogen functional groups attached to an aromatic ring is 1. The van der Waals surface area contributed by atoms with Gasteiger partial charge in [-0.1, -0.05) is 18.0 Å². The largest absolute Gasteiger partial charge is 0.382 e. The number of rotatable bonds is 4. The Bertz CT molecular complexity index is 419. The lowest BCUT2D eigenvalue weighted by Gasteiger charge is -2.27. The quantitative estimate of drug-likeness (QED) is 0.573. The first-order valence-electron chi connectivity index (χ1n) is 5.82. The van der Waals surface area contributed by atoms with Crippen LogP contribution in [0, 0.1) is 18.7 Å². The van der Waals surface area contributed by atoms with Crippen molar-refractivity contribution < 1.29 is 4.39 Å². The number of nitrogens with one attached hydrogen (secondary N) is 2. The third-order valence-electron chi connectivity index (χ3n) is 3.34. The molecule has 0 saturated heterocycles. The second-order valence-electron chi connectivity index (χ2n) is 4.57. The first kappa shape index (κ1) is 12.5. The van der Waals surface area contributed by atoms with Crippen molar-refractivity contribution in [1.82, 2.24) is 0 Å². The van der Waals surface area contributed by atoms with E-state index in [4.69, 9.17) is 17.4 Å². The molecule has 0 aromatic heterocycles. The Morgan fingerprint density at radius 2 is 2.24 bits per heavy atom. The van der Waals surface area contributed by atoms with Crippen molar-refractivity contribution in [2.24, 2.45) is 11.8 Å². The van der Waals surface area contributed by atoms with E-state index >= 15 is 0 Å². The van der Waals surface area contributed by atoms with Gasteiger partial charge in [-0.05, 0) is 37.3 Å². The number of hydrazine groups is 1. The molecular weight excluding hydrogens is 241 g/mol. The van der Waals surface area contributed by atoms with Crippen LogP contribution in [0.5, 0.6) is 0 Å². The minimum Gasteiger partial charge on any atom is -0.382 e. The summed E-state index contributed by atoms with van der Waals surface area (Å²) in [6, 6.07) is 1.66. The van der Waals surface area contributed by atoms with E-state index in [1.165, 1.54) is 19.3 Å². The number of nitrogens with two attached hydrogens (primary N) is 1. The normalized spacial score (nSPS) is 15.5. The molecule has 0 atom stereocenters. The van der Waals surface area contributed by atoms with E-state index in [0.717, 1.165) is 6.54 Å². The van der Waals surface area contributed by atoms with E-state index in [1.54, 1.807) is 13.0 Å². The van der Waals surface area contributed by atoms with Crippen LogP contribution >= 0.6 is 11.6 Å². The van der Waals surface area contributed by atoms with Crippen molar-refractivity contribution >= 4 is 23.0 Å². The average molecular weight is 258 g/mol. The highest BCUT2D eigenvalue weighted by atomic mass is 35.5. The zero-order valence-electron chi connectivity index (χ0n) is 9.82. The predicted octanol–water partition coefficient (Wildman–Crippen LogP) is 3.29. The van der Waals surface area contributed by atoms with Gasteiger partial charge in [-0.25, -0.2) is 4.39 Å². The first-order chi connectivity index (χ1) is 8.13. The molecule has 0 bridgehead atoms. The van der Waals surface area contributed by atoms with Gasteiger partial charge in [-0.2, -0.15) is 0 Å². The zero-order chi connectivity index (χ0) is 12.4. The SMILES string of the molecule is Cc1cc(NN)c(NCC2CCC2)c(Cl)c1F. The summed E-state index contributed by atoms with van der Waals surface area (Å²) in [5.41, 5.74) is 4.23. The monoisotopic (exact) mass is 257 g/mol. The average Bonchev–Trinajstić information content (AvgIpc) is 2.26. The Morgan fingerprint density at radius 1 is 1.53 bits per heavy atom. The highest BCUT2D eigenvalue weighted by Crippen LogP contribution is 2.35. The molecule has 1 aromatic rings. The topological polar surface area (TPSA) is 50.1 Å². The summed E-state index contributed by atoms with van der Waals surface area (Å²) < 4.78 is 13.7. The molecule has 3 nitrogen and oxygen atoms in total. The van der Waals surface area contributed by atoms with Gasteiger partial charge in [-0.3, -0.25) is 5.84 Å². The third kappa shape index (κ3) is 2.48. The van der Waals surface area contributed by atoms with Gasteiger partial charge in [0.1, 0.15) is 10.8 Å². The molecule has 94 valence electrons. The van der Waals surface area contributed by atoms with Crippen LogP contribution in [0.2, 0.25) is 5.02 Å². The van der Waals surface area contributed by atoms with Crippen molar-refractivity contribution in [1.29, 1.82) is 0 Å². The van der Waals surface area contributed by atoms with Gasteiger partial charge in [0.2, 0.25) is 0 Å². The molecule has 1 aliphatic carbocycles. The van der Waals surface area contributed by atoms with Crippen LogP contribution in [0.1, 0.15) is 24.8 Å². The Labute approximate surface area is 105 Å². The number of halogens is 2. The summed E-state index contributed by atoms with van der Waals surface area (Å²) >= 11 is 5.99. The van der Waals surface area contributed by atoms with E-state index in [1.807, 2.05) is 0 Å². The van der Waals surface area contributed by atoms with E-state index in [-0.39, 0.29) is 10.8 Å². The number of hydrogen-bond donors (Lipinski definition) is 3. The molecule has 0 heterocycles. The fourth-order valence-corrected chi connectivity index (χ4v) is 2.30. The van der Waals surface area contributed by atoms with Crippen molar-refractivity contribution in [2.75, 3.05) is 17.3 Å². The third-order valence-corrected chi connectivity index (χ3v) is 3.69. The summed E-state index contributed by atoms with van der Waals surface area (Å²) in [5.74, 6) is 5.70. The molecule has 0 aliphatic heterocycles. The van der Waals surface area contributed by atoms with Gasteiger partial charge in [0.05, 0.1) is 11.4 Å². The molecule has 0 spiro atoms. The molecule has 2 rings (SSSR count). The van der Waals surface area contributed by atoms with Crippen molar-refractivity contribution in [3.63, 3.8) is 0 Å². The second kappa shape index (κ2) is 5.10. The number of anilines is 2. The van der Waals surface area contributed by atoms with Gasteiger partial charge >= 0.3 is 0 Å². The van der Waals surface area contributed by atoms with Crippen LogP contribution in [0.25, 0.3) is 0 Å². The molecule has 0 radical (unpaired) electrons. The lowest BCUT2D eigenvalue weighted by molar-refractivity contribution is 0.333. The maximum atomic E-state index is 13.7. The maximum absolute atomic E-state index is 13.7. The van der Waals surface area contributed by atoms with Crippen LogP contribution in [0.4, 0.5) is 15.8 Å². The number of hydrogen-bond acceptors (Lipinski definition) is 3. The van der Waals surface area contributed by atoms with E-state index in [0.29, 0.717) is 22.9 Å². The van der Waals surface area contributed by atoms with Gasteiger partial charge in [0, 0.05) is 6.54 Å². The zero-order valence-corrected chi connectivity index (χ0v) is 10.6. The van der Waals surface area contributed by atoms with Crippen LogP contribution in [0.15, 0.2) is 6.07 Å². The molecule has 4 N–H and O–H groups in total. The molecule has 1 saturated carbocycles. The molecule has 1 aromatic carbocycles. The lowest BCUT2D eigenvalue weighted by Crippen LogP contribution is -2.22. The highest BCUT2D eigenvalue weighted by Gasteiger charge is 2.19. The minimum absolute atomic E-state index is 0.109. The lowest BCUT2D eigenvalue weighted by atomic mass is 9.85. The molecule has 1 fully saturated rings. The second-order valence-corrected chi connectivity index (χ2v) is 4.94. The first-order valence-corrected chi connectivity index (χ1v) is 6.20. The Morgan fingerprint density at radius 3 is 2.76 bits per heavy atom. The number of benzene rings is 1. The summed E-state index contributed by atoms with van der Waals surface area (Å²) in [6.07, 6.45) is 3.74. The van der Waals surface area contributed by atoms with Gasteiger partial charge in [0.25, 0.3) is 0 Å². The van der Waals surface area contributed by atoms with Gasteiger partial charge in [-0.15, -0.1) is 0 Å². The molecule has 0 amide bonds. The summed E-state index contributed by atoms with van der Waals surface area (Å²) in [7, 11) is 0. The fraction of sp³-hybridized carbons (Fsp3) is 0.500. The van der Waals surface area contributed by atoms with Crippen molar-refractivity contribution in [3.05, 3.63) is 22.5 Å². The number of aryl methyl sites for hydroxylation is 1. The molecule has 17 heavy (non-hydrogen) atoms. The fourth-order valence-electron chi connectivity index (χ4n) is 1.98. The Balaban J connectivity index is 2.20. The highest BCUT2D eigenvalue weighted by molar-refractivity contribution is 6.34. The Hall–Kier alpha value is -1.00. The molecule has 1 aliphatic rings. The van der Waals surface area contributed by atoms with Crippen LogP contribution in [0.3, 0.4) is 0 Å². The van der Waals surface area contributed by atoms with Gasteiger partial charge in [0.15, 0.2) is 0 Å². The smallest absolute Gasteiger partial charge is 0.146 e. The predicted molar refractivity (Wildman–Crippen MR) is 69.8 cm³/mol. The molecule has 0 unspecified atom stereocenters. The molecular formula is C12H17ClFN3. The Kier molecular flexibility index (Phi) is 3.74. The minimum atomic E-state index is -0.387. The van der Waals surface area contributed by atoms with Crippen LogP contribution in [-0.4, -0.2) is 6.54 Å². The van der Waals surface area contributed by atoms with Crippen LogP contribution < -0.4 is 16.6 Å².